The average molecular weight is 458 g/mol. The first kappa shape index (κ1) is 21.9. The Morgan fingerprint density at radius 3 is 2.41 bits per heavy atom. The molecule has 2 heterocycles. The van der Waals surface area contributed by atoms with Gasteiger partial charge >= 0.3 is 0 Å². The van der Waals surface area contributed by atoms with Crippen molar-refractivity contribution in [3.05, 3.63) is 106 Å². The molecule has 5 rings (SSSR count). The molecule has 0 bridgehead atoms. The number of benzene rings is 3. The molecule has 3 aromatic carbocycles. The molecule has 1 amide bonds. The van der Waals surface area contributed by atoms with Crippen LogP contribution >= 0.6 is 0 Å². The topological polar surface area (TPSA) is 59.8 Å². The number of amides is 1. The van der Waals surface area contributed by atoms with Crippen molar-refractivity contribution in [1.29, 1.82) is 0 Å². The van der Waals surface area contributed by atoms with E-state index in [4.69, 9.17) is 9.15 Å². The molecule has 1 aliphatic heterocycles. The van der Waals surface area contributed by atoms with Gasteiger partial charge in [0.25, 0.3) is 5.91 Å². The summed E-state index contributed by atoms with van der Waals surface area (Å²) in [5, 5.41) is 0.413. The summed E-state index contributed by atoms with van der Waals surface area (Å²) >= 11 is 0. The lowest BCUT2D eigenvalue weighted by molar-refractivity contribution is 0.0971. The minimum Gasteiger partial charge on any atom is -0.494 e. The molecular weight excluding hydrogens is 433 g/mol. The van der Waals surface area contributed by atoms with Crippen LogP contribution in [0.1, 0.15) is 53.9 Å². The van der Waals surface area contributed by atoms with Gasteiger partial charge in [-0.25, -0.2) is 4.39 Å². The van der Waals surface area contributed by atoms with Gasteiger partial charge in [-0.15, -0.1) is 0 Å². The fourth-order valence-corrected chi connectivity index (χ4v) is 4.39. The monoisotopic (exact) mass is 457 g/mol. The molecule has 1 atom stereocenters. The van der Waals surface area contributed by atoms with Crippen molar-refractivity contribution in [3.8, 4) is 5.75 Å². The molecule has 0 N–H and O–H groups in total. The van der Waals surface area contributed by atoms with Gasteiger partial charge in [-0.1, -0.05) is 44.0 Å². The largest absolute Gasteiger partial charge is 0.494 e. The Morgan fingerprint density at radius 2 is 1.68 bits per heavy atom. The molecule has 1 aromatic heterocycles. The van der Waals surface area contributed by atoms with E-state index in [0.29, 0.717) is 23.3 Å². The Hall–Kier alpha value is -3.93. The lowest BCUT2D eigenvalue weighted by atomic mass is 9.98. The predicted molar refractivity (Wildman–Crippen MR) is 129 cm³/mol. The van der Waals surface area contributed by atoms with Gasteiger partial charge in [0.05, 0.1) is 23.6 Å². The number of anilines is 1. The van der Waals surface area contributed by atoms with Gasteiger partial charge in [0.15, 0.2) is 5.43 Å². The Balaban J connectivity index is 1.61. The lowest BCUT2D eigenvalue weighted by Gasteiger charge is -2.25. The molecule has 34 heavy (non-hydrogen) atoms. The summed E-state index contributed by atoms with van der Waals surface area (Å²) in [7, 11) is 0. The van der Waals surface area contributed by atoms with Gasteiger partial charge in [-0.05, 0) is 60.5 Å². The highest BCUT2D eigenvalue weighted by atomic mass is 19.1. The zero-order valence-corrected chi connectivity index (χ0v) is 18.8. The van der Waals surface area contributed by atoms with E-state index in [0.717, 1.165) is 30.6 Å². The number of fused-ring (bicyclic) bond motifs is 2. The maximum Gasteiger partial charge on any atom is 0.295 e. The van der Waals surface area contributed by atoms with Crippen LogP contribution in [0.2, 0.25) is 0 Å². The second-order valence-electron chi connectivity index (χ2n) is 8.35. The van der Waals surface area contributed by atoms with Crippen LogP contribution in [0, 0.1) is 5.82 Å². The van der Waals surface area contributed by atoms with Crippen LogP contribution in [0.25, 0.3) is 11.0 Å². The normalized spacial score (nSPS) is 15.1. The minimum absolute atomic E-state index is 0.0120. The summed E-state index contributed by atoms with van der Waals surface area (Å²) in [6.45, 7) is 2.78. The van der Waals surface area contributed by atoms with Crippen molar-refractivity contribution in [3.63, 3.8) is 0 Å². The van der Waals surface area contributed by atoms with Gasteiger partial charge in [0.1, 0.15) is 17.1 Å². The average Bonchev–Trinajstić information content (AvgIpc) is 3.15. The number of carbonyl (C=O) groups excluding carboxylic acids is 1. The number of nitrogens with zero attached hydrogens (tertiary/aromatic N) is 1. The third-order valence-electron chi connectivity index (χ3n) is 6.09. The van der Waals surface area contributed by atoms with E-state index in [1.807, 2.05) is 24.3 Å². The molecule has 0 saturated heterocycles. The molecular formula is C28H24FNO4. The highest BCUT2D eigenvalue weighted by Gasteiger charge is 2.43. The van der Waals surface area contributed by atoms with E-state index >= 15 is 0 Å². The van der Waals surface area contributed by atoms with E-state index in [1.54, 1.807) is 24.3 Å². The molecule has 0 aliphatic carbocycles. The van der Waals surface area contributed by atoms with Crippen LogP contribution in [0.5, 0.6) is 5.75 Å². The van der Waals surface area contributed by atoms with Crippen molar-refractivity contribution < 1.29 is 18.3 Å². The zero-order valence-electron chi connectivity index (χ0n) is 18.8. The van der Waals surface area contributed by atoms with Crippen LogP contribution in [-0.2, 0) is 0 Å². The number of carbonyl (C=O) groups is 1. The minimum atomic E-state index is -0.706. The van der Waals surface area contributed by atoms with Gasteiger partial charge < -0.3 is 9.15 Å². The molecule has 6 heteroatoms. The first-order chi connectivity index (χ1) is 16.6. The number of unbranched alkanes of at least 4 members (excludes halogenated alkanes) is 2. The molecule has 0 fully saturated rings. The van der Waals surface area contributed by atoms with Gasteiger partial charge in [-0.3, -0.25) is 14.5 Å². The maximum absolute atomic E-state index is 13.6. The van der Waals surface area contributed by atoms with E-state index in [2.05, 4.69) is 6.92 Å². The van der Waals surface area contributed by atoms with Crippen molar-refractivity contribution in [2.24, 2.45) is 0 Å². The van der Waals surface area contributed by atoms with Gasteiger partial charge in [-0.2, -0.15) is 0 Å². The Labute approximate surface area is 196 Å². The van der Waals surface area contributed by atoms with E-state index in [-0.39, 0.29) is 16.8 Å². The number of rotatable bonds is 7. The first-order valence-corrected chi connectivity index (χ1v) is 11.5. The lowest BCUT2D eigenvalue weighted by Crippen LogP contribution is -2.29. The van der Waals surface area contributed by atoms with Crippen molar-refractivity contribution in [2.45, 2.75) is 32.2 Å². The molecule has 172 valence electrons. The van der Waals surface area contributed by atoms with Crippen LogP contribution in [0.4, 0.5) is 10.1 Å². The second-order valence-corrected chi connectivity index (χ2v) is 8.35. The highest BCUT2D eigenvalue weighted by molar-refractivity contribution is 6.10. The maximum atomic E-state index is 13.6. The summed E-state index contributed by atoms with van der Waals surface area (Å²) in [5.74, 6) is -0.107. The quantitative estimate of drug-likeness (QED) is 0.308. The molecule has 0 radical (unpaired) electrons. The van der Waals surface area contributed by atoms with E-state index in [1.165, 1.54) is 29.2 Å². The molecule has 1 aliphatic rings. The summed E-state index contributed by atoms with van der Waals surface area (Å²) < 4.78 is 25.4. The molecule has 4 aromatic rings. The van der Waals surface area contributed by atoms with Gasteiger partial charge in [0.2, 0.25) is 5.76 Å². The highest BCUT2D eigenvalue weighted by Crippen LogP contribution is 2.41. The summed E-state index contributed by atoms with van der Waals surface area (Å²) in [6, 6.07) is 19.2. The second kappa shape index (κ2) is 9.14. The number of ether oxygens (including phenoxy) is 1. The van der Waals surface area contributed by atoms with Gasteiger partial charge in [0, 0.05) is 5.69 Å². The summed E-state index contributed by atoms with van der Waals surface area (Å²) in [4.78, 5) is 28.5. The fraction of sp³-hybridized carbons (Fsp3) is 0.214. The molecule has 0 spiro atoms. The molecule has 1 unspecified atom stereocenters. The number of halogens is 1. The number of para-hydroxylation sites is 1. The number of hydrogen-bond acceptors (Lipinski definition) is 4. The Kier molecular flexibility index (Phi) is 5.88. The third-order valence-corrected chi connectivity index (χ3v) is 6.09. The van der Waals surface area contributed by atoms with E-state index < -0.39 is 17.8 Å². The zero-order chi connectivity index (χ0) is 23.7. The Morgan fingerprint density at radius 1 is 0.941 bits per heavy atom. The fourth-order valence-electron chi connectivity index (χ4n) is 4.39. The van der Waals surface area contributed by atoms with Crippen molar-refractivity contribution in [1.82, 2.24) is 0 Å². The third kappa shape index (κ3) is 3.85. The smallest absolute Gasteiger partial charge is 0.295 e. The Bertz CT molecular complexity index is 1390. The SMILES string of the molecule is CCCCCOc1ccc(C2c3c(oc4ccccc4c3=O)C(=O)N2c2ccc(F)cc2)cc1. The predicted octanol–water partition coefficient (Wildman–Crippen LogP) is 6.25. The standard InChI is InChI=1S/C28H24FNO4/c1-2-3-6-17-33-21-15-9-18(10-16-21)25-24-26(31)22-7-4-5-8-23(22)34-27(24)28(32)30(25)20-13-11-19(29)12-14-20/h4-5,7-16,25H,2-3,6,17H2,1H3. The van der Waals surface area contributed by atoms with Crippen molar-refractivity contribution in [2.75, 3.05) is 11.5 Å². The summed E-state index contributed by atoms with van der Waals surface area (Å²) in [6.07, 6.45) is 3.21. The van der Waals surface area contributed by atoms with Crippen LogP contribution in [0.3, 0.4) is 0 Å². The van der Waals surface area contributed by atoms with Crippen LogP contribution < -0.4 is 15.1 Å². The van der Waals surface area contributed by atoms with Crippen LogP contribution in [0.15, 0.2) is 82.0 Å². The van der Waals surface area contributed by atoms with E-state index in [9.17, 15) is 14.0 Å². The first-order valence-electron chi connectivity index (χ1n) is 11.5. The number of hydrogen-bond donors (Lipinski definition) is 0. The van der Waals surface area contributed by atoms with Crippen molar-refractivity contribution >= 4 is 22.6 Å². The molecule has 5 nitrogen and oxygen atoms in total. The van der Waals surface area contributed by atoms with Crippen LogP contribution in [-0.4, -0.2) is 12.5 Å². The molecule has 0 saturated carbocycles. The summed E-state index contributed by atoms with van der Waals surface area (Å²) in [5.41, 5.74) is 1.60.